The third-order valence-corrected chi connectivity index (χ3v) is 4.42. The Morgan fingerprint density at radius 3 is 2.68 bits per heavy atom. The van der Waals surface area contributed by atoms with Gasteiger partial charge < -0.3 is 25.5 Å². The highest BCUT2D eigenvalue weighted by atomic mass is 19.1. The number of rotatable bonds is 10. The molecule has 0 aromatic heterocycles. The van der Waals surface area contributed by atoms with E-state index in [-0.39, 0.29) is 12.1 Å². The van der Waals surface area contributed by atoms with E-state index in [2.05, 4.69) is 4.90 Å². The molecule has 0 spiro atoms. The number of alkyl halides is 2. The van der Waals surface area contributed by atoms with Crippen LogP contribution in [-0.2, 0) is 4.74 Å². The van der Waals surface area contributed by atoms with Gasteiger partial charge in [0.15, 0.2) is 6.29 Å². The third kappa shape index (κ3) is 8.13. The van der Waals surface area contributed by atoms with Crippen molar-refractivity contribution in [2.75, 3.05) is 26.9 Å². The number of ether oxygens (including phenoxy) is 1. The Morgan fingerprint density at radius 2 is 2.08 bits per heavy atom. The highest BCUT2D eigenvalue weighted by molar-refractivity contribution is 4.98. The predicted molar refractivity (Wildman–Crippen MR) is 94.6 cm³/mol. The molecule has 0 saturated carbocycles. The molecule has 1 heterocycles. The van der Waals surface area contributed by atoms with Crippen molar-refractivity contribution in [3.05, 3.63) is 24.0 Å². The average molecular weight is 362 g/mol. The standard InChI is InChI=1S/C17H32F2N4O2/c1-13-9-16(10-17(24)25-13)22(2)8-6-14(20)12-23(21)15(11-19)5-3-4-7-18/h3-4,12-13,15-17,24H,5-11,20-21H2,1-2H3/b4-3+,14-12-. The summed E-state index contributed by atoms with van der Waals surface area (Å²) in [5, 5.41) is 10.9. The van der Waals surface area contributed by atoms with E-state index in [1.807, 2.05) is 14.0 Å². The van der Waals surface area contributed by atoms with E-state index in [9.17, 15) is 13.9 Å². The zero-order valence-corrected chi connectivity index (χ0v) is 15.2. The lowest BCUT2D eigenvalue weighted by Gasteiger charge is -2.36. The van der Waals surface area contributed by atoms with Gasteiger partial charge in [-0.05, 0) is 26.8 Å². The fourth-order valence-electron chi connectivity index (χ4n) is 2.88. The van der Waals surface area contributed by atoms with Crippen molar-refractivity contribution in [1.29, 1.82) is 0 Å². The van der Waals surface area contributed by atoms with Crippen molar-refractivity contribution in [3.63, 3.8) is 0 Å². The molecule has 0 amide bonds. The van der Waals surface area contributed by atoms with Gasteiger partial charge in [-0.15, -0.1) is 0 Å². The molecule has 0 aromatic carbocycles. The molecule has 1 aliphatic rings. The molecular weight excluding hydrogens is 330 g/mol. The fourth-order valence-corrected chi connectivity index (χ4v) is 2.88. The molecule has 4 atom stereocenters. The molecule has 6 nitrogen and oxygen atoms in total. The molecule has 8 heteroatoms. The van der Waals surface area contributed by atoms with Crippen molar-refractivity contribution in [2.45, 2.75) is 57.1 Å². The van der Waals surface area contributed by atoms with Crippen molar-refractivity contribution in [3.8, 4) is 0 Å². The summed E-state index contributed by atoms with van der Waals surface area (Å²) in [6, 6.07) is -0.337. The van der Waals surface area contributed by atoms with Crippen LogP contribution in [0.2, 0.25) is 0 Å². The third-order valence-electron chi connectivity index (χ3n) is 4.42. The lowest BCUT2D eigenvalue weighted by Crippen LogP contribution is -2.43. The Bertz CT molecular complexity index is 427. The average Bonchev–Trinajstić information content (AvgIpc) is 2.55. The van der Waals surface area contributed by atoms with Crippen LogP contribution >= 0.6 is 0 Å². The Balaban J connectivity index is 2.46. The predicted octanol–water partition coefficient (Wildman–Crippen LogP) is 1.42. The molecular formula is C17H32F2N4O2. The summed E-state index contributed by atoms with van der Waals surface area (Å²) in [5.74, 6) is 5.84. The second-order valence-electron chi connectivity index (χ2n) is 6.58. The first-order chi connectivity index (χ1) is 11.9. The zero-order valence-electron chi connectivity index (χ0n) is 15.2. The Kier molecular flexibility index (Phi) is 9.96. The molecule has 1 fully saturated rings. The van der Waals surface area contributed by atoms with Crippen molar-refractivity contribution in [2.24, 2.45) is 11.6 Å². The first-order valence-corrected chi connectivity index (χ1v) is 8.67. The quantitative estimate of drug-likeness (QED) is 0.310. The van der Waals surface area contributed by atoms with Gasteiger partial charge in [-0.2, -0.15) is 0 Å². The Labute approximate surface area is 149 Å². The molecule has 4 unspecified atom stereocenters. The molecule has 0 aliphatic carbocycles. The van der Waals surface area contributed by atoms with Crippen LogP contribution in [-0.4, -0.2) is 66.4 Å². The Morgan fingerprint density at radius 1 is 1.36 bits per heavy atom. The van der Waals surface area contributed by atoms with E-state index in [0.717, 1.165) is 6.42 Å². The second kappa shape index (κ2) is 11.4. The van der Waals surface area contributed by atoms with Crippen LogP contribution in [0, 0.1) is 0 Å². The number of hydrazine groups is 1. The molecule has 0 aromatic rings. The number of hydrogen-bond donors (Lipinski definition) is 3. The van der Waals surface area contributed by atoms with Gasteiger partial charge in [0.1, 0.15) is 13.3 Å². The monoisotopic (exact) mass is 362 g/mol. The maximum absolute atomic E-state index is 13.1. The Hall–Kier alpha value is -1.22. The number of nitrogens with zero attached hydrogens (tertiary/aromatic N) is 2. The minimum atomic E-state index is -0.730. The van der Waals surface area contributed by atoms with Crippen LogP contribution in [0.25, 0.3) is 0 Å². The first-order valence-electron chi connectivity index (χ1n) is 8.67. The summed E-state index contributed by atoms with van der Waals surface area (Å²) in [6.45, 7) is 1.42. The lowest BCUT2D eigenvalue weighted by atomic mass is 10.0. The van der Waals surface area contributed by atoms with Gasteiger partial charge in [0, 0.05) is 37.3 Å². The number of aliphatic hydroxyl groups is 1. The molecule has 25 heavy (non-hydrogen) atoms. The normalized spacial score (nSPS) is 26.4. The van der Waals surface area contributed by atoms with Crippen LogP contribution in [0.3, 0.4) is 0 Å². The largest absolute Gasteiger partial charge is 0.401 e. The topological polar surface area (TPSA) is 88.0 Å². The van der Waals surface area contributed by atoms with E-state index in [4.69, 9.17) is 16.3 Å². The number of aliphatic hydroxyl groups excluding tert-OH is 1. The van der Waals surface area contributed by atoms with E-state index in [0.29, 0.717) is 31.5 Å². The van der Waals surface area contributed by atoms with Crippen LogP contribution in [0.5, 0.6) is 0 Å². The highest BCUT2D eigenvalue weighted by Crippen LogP contribution is 2.22. The second-order valence-corrected chi connectivity index (χ2v) is 6.58. The maximum atomic E-state index is 13.1. The number of hydrogen-bond acceptors (Lipinski definition) is 6. The molecule has 1 saturated heterocycles. The van der Waals surface area contributed by atoms with Gasteiger partial charge in [0.05, 0.1) is 12.1 Å². The van der Waals surface area contributed by atoms with E-state index in [1.54, 1.807) is 6.08 Å². The van der Waals surface area contributed by atoms with Crippen LogP contribution < -0.4 is 11.6 Å². The fraction of sp³-hybridized carbons (Fsp3) is 0.765. The molecule has 1 aliphatic heterocycles. The van der Waals surface area contributed by atoms with Gasteiger partial charge >= 0.3 is 0 Å². The zero-order chi connectivity index (χ0) is 18.8. The summed E-state index contributed by atoms with van der Waals surface area (Å²) in [7, 11) is 1.98. The number of nitrogens with two attached hydrogens (primary N) is 2. The molecule has 0 radical (unpaired) electrons. The summed E-state index contributed by atoms with van der Waals surface area (Å²) in [6.07, 6.45) is 6.04. The molecule has 1 rings (SSSR count). The van der Waals surface area contributed by atoms with Crippen LogP contribution in [0.15, 0.2) is 24.0 Å². The number of halogens is 2. The maximum Gasteiger partial charge on any atom is 0.156 e. The van der Waals surface area contributed by atoms with Gasteiger partial charge in [0.2, 0.25) is 0 Å². The lowest BCUT2D eigenvalue weighted by molar-refractivity contribution is -0.173. The van der Waals surface area contributed by atoms with E-state index >= 15 is 0 Å². The number of allylic oxidation sites excluding steroid dienone is 1. The molecule has 0 bridgehead atoms. The van der Waals surface area contributed by atoms with Gasteiger partial charge in [-0.3, -0.25) is 0 Å². The smallest absolute Gasteiger partial charge is 0.156 e. The van der Waals surface area contributed by atoms with Crippen LogP contribution in [0.4, 0.5) is 8.78 Å². The summed E-state index contributed by atoms with van der Waals surface area (Å²) in [5.41, 5.74) is 6.54. The first kappa shape index (κ1) is 21.8. The van der Waals surface area contributed by atoms with Crippen molar-refractivity contribution in [1.82, 2.24) is 9.91 Å². The van der Waals surface area contributed by atoms with Crippen LogP contribution in [0.1, 0.15) is 32.6 Å². The summed E-state index contributed by atoms with van der Waals surface area (Å²) < 4.78 is 30.4. The summed E-state index contributed by atoms with van der Waals surface area (Å²) >= 11 is 0. The molecule has 5 N–H and O–H groups in total. The van der Waals surface area contributed by atoms with Gasteiger partial charge in [-0.1, -0.05) is 12.2 Å². The van der Waals surface area contributed by atoms with E-state index in [1.165, 1.54) is 17.3 Å². The summed E-state index contributed by atoms with van der Waals surface area (Å²) in [4.78, 5) is 2.14. The van der Waals surface area contributed by atoms with Crippen molar-refractivity contribution < 1.29 is 18.6 Å². The molecule has 146 valence electrons. The van der Waals surface area contributed by atoms with Gasteiger partial charge in [0.25, 0.3) is 0 Å². The minimum absolute atomic E-state index is 0.0197. The van der Waals surface area contributed by atoms with Gasteiger partial charge in [-0.25, -0.2) is 14.6 Å². The van der Waals surface area contributed by atoms with Crippen molar-refractivity contribution >= 4 is 0 Å². The highest BCUT2D eigenvalue weighted by Gasteiger charge is 2.28. The SMILES string of the molecule is CC1CC(N(C)CC/C(N)=C/N(N)C(CF)C/C=C/CF)CC(O)O1. The minimum Gasteiger partial charge on any atom is -0.401 e. The van der Waals surface area contributed by atoms with E-state index < -0.39 is 25.7 Å².